The molecule has 0 saturated carbocycles. The van der Waals surface area contributed by atoms with Gasteiger partial charge >= 0.3 is 33.8 Å². The van der Waals surface area contributed by atoms with Gasteiger partial charge in [-0.25, -0.2) is 0 Å². The zero-order valence-corrected chi connectivity index (χ0v) is 8.96. The predicted octanol–water partition coefficient (Wildman–Crippen LogP) is -4.39. The molecule has 76 valence electrons. The number of hydrogen-bond acceptors (Lipinski definition) is 6. The number of rotatable bonds is 0. The van der Waals surface area contributed by atoms with E-state index >= 15 is 0 Å². The quantitative estimate of drug-likeness (QED) is 0.334. The van der Waals surface area contributed by atoms with Crippen LogP contribution < -0.4 is 19.6 Å². The normalized spacial score (nSPS) is 9.83. The summed E-state index contributed by atoms with van der Waals surface area (Å²) in [6.45, 7) is 0. The largest absolute Gasteiger partial charge is 2.00 e. The molecule has 0 aliphatic carbocycles. The summed E-state index contributed by atoms with van der Waals surface area (Å²) in [7, 11) is -10.3. The molecule has 0 unspecified atom stereocenters. The van der Waals surface area contributed by atoms with Crippen molar-refractivity contribution in [1.82, 2.24) is 0 Å². The van der Waals surface area contributed by atoms with Crippen molar-refractivity contribution in [1.29, 1.82) is 0 Å². The Kier molecular flexibility index (Phi) is 17.1. The van der Waals surface area contributed by atoms with Crippen LogP contribution in [0.3, 0.4) is 0 Å². The van der Waals surface area contributed by atoms with E-state index in [9.17, 15) is 0 Å². The minimum absolute atomic E-state index is 0. The maximum Gasteiger partial charge on any atom is 2.00 e. The summed E-state index contributed by atoms with van der Waals surface area (Å²) in [5.74, 6) is 0. The van der Waals surface area contributed by atoms with E-state index in [4.69, 9.17) is 38.5 Å². The van der Waals surface area contributed by atoms with E-state index in [1.54, 1.807) is 0 Å². The Morgan fingerprint density at radius 3 is 0.833 bits per heavy atom. The fourth-order valence-electron chi connectivity index (χ4n) is 0. The molecule has 12 heavy (non-hydrogen) atoms. The van der Waals surface area contributed by atoms with E-state index in [1.165, 1.54) is 0 Å². The first-order valence-corrected chi connectivity index (χ1v) is 4.49. The zero-order valence-electron chi connectivity index (χ0n) is 4.95. The fraction of sp³-hybridized carbons (Fsp3) is 0. The Morgan fingerprint density at radius 1 is 0.833 bits per heavy atom. The first kappa shape index (κ1) is 23.2. The summed E-state index contributed by atoms with van der Waals surface area (Å²) in [5, 5.41) is 0. The van der Waals surface area contributed by atoms with E-state index in [0.717, 1.165) is 0 Å². The maximum atomic E-state index is 8.66. The predicted molar refractivity (Wildman–Crippen MR) is 19.7 cm³/mol. The van der Waals surface area contributed by atoms with Gasteiger partial charge in [0.1, 0.15) is 0 Å². The van der Waals surface area contributed by atoms with Crippen molar-refractivity contribution in [2.45, 2.75) is 0 Å². The second-order valence-electron chi connectivity index (χ2n) is 0.937. The smallest absolute Gasteiger partial charge is 0.790 e. The van der Waals surface area contributed by atoms with Crippen LogP contribution in [-0.2, 0) is 43.0 Å². The first-order chi connectivity index (χ1) is 4.00. The van der Waals surface area contributed by atoms with Gasteiger partial charge in [0.05, 0.1) is 15.6 Å². The molecule has 8 nitrogen and oxygen atoms in total. The van der Waals surface area contributed by atoms with Crippen molar-refractivity contribution in [3.63, 3.8) is 0 Å². The summed E-state index contributed by atoms with van der Waals surface area (Å²) in [5.41, 5.74) is 0. The third kappa shape index (κ3) is 760. The van der Waals surface area contributed by atoms with Gasteiger partial charge in [-0.15, -0.1) is 0 Å². The summed E-state index contributed by atoms with van der Waals surface area (Å²) in [6.07, 6.45) is 0. The molecule has 12 heteroatoms. The molecule has 0 aliphatic rings. The standard InChI is InChI=1S/Co.Mn.2H3O4P/c;;2*1-5(2,3)4/h;;2*(H3,1,2,3,4)/q2*+2;;/p-4. The van der Waals surface area contributed by atoms with Gasteiger partial charge in [0, 0.05) is 0 Å². The Labute approximate surface area is 88.2 Å². The van der Waals surface area contributed by atoms with Gasteiger partial charge in [0.15, 0.2) is 0 Å². The van der Waals surface area contributed by atoms with Crippen molar-refractivity contribution in [3.8, 4) is 0 Å². The van der Waals surface area contributed by atoms with E-state index in [2.05, 4.69) is 0 Å². The van der Waals surface area contributed by atoms with Crippen LogP contribution in [0.4, 0.5) is 0 Å². The molecule has 2 N–H and O–H groups in total. The molecule has 0 aromatic carbocycles. The van der Waals surface area contributed by atoms with Crippen LogP contribution in [0.25, 0.3) is 0 Å². The van der Waals surface area contributed by atoms with Crippen molar-refractivity contribution in [2.75, 3.05) is 0 Å². The summed E-state index contributed by atoms with van der Waals surface area (Å²) < 4.78 is 17.3. The van der Waals surface area contributed by atoms with Gasteiger partial charge in [0.25, 0.3) is 0 Å². The number of hydrogen-bond donors (Lipinski definition) is 2. The average molecular weight is 306 g/mol. The molecule has 2 radical (unpaired) electrons. The van der Waals surface area contributed by atoms with Crippen LogP contribution >= 0.6 is 15.6 Å². The maximum absolute atomic E-state index is 8.66. The number of phosphoric acid groups is 2. The van der Waals surface area contributed by atoms with Crippen molar-refractivity contribution < 1.29 is 72.3 Å². The van der Waals surface area contributed by atoms with Crippen LogP contribution in [-0.4, -0.2) is 9.79 Å². The Morgan fingerprint density at radius 2 is 0.833 bits per heavy atom. The SMILES string of the molecule is O=P([O-])([O-])O.O=P([O-])([O-])O.[Co+2].[Mn+2]. The van der Waals surface area contributed by atoms with Crippen molar-refractivity contribution in [2.24, 2.45) is 0 Å². The molecule has 0 aromatic heterocycles. The fourth-order valence-corrected chi connectivity index (χ4v) is 0. The topological polar surface area (TPSA) is 167 Å². The van der Waals surface area contributed by atoms with Gasteiger partial charge in [-0.2, -0.15) is 0 Å². The monoisotopic (exact) mass is 306 g/mol. The molecule has 0 rings (SSSR count). The van der Waals surface area contributed by atoms with Crippen molar-refractivity contribution in [3.05, 3.63) is 0 Å². The molecule has 0 heterocycles. The molecule has 0 saturated heterocycles. The molecule has 0 aliphatic heterocycles. The van der Waals surface area contributed by atoms with Gasteiger partial charge < -0.3 is 38.5 Å². The van der Waals surface area contributed by atoms with Gasteiger partial charge in [0.2, 0.25) is 0 Å². The van der Waals surface area contributed by atoms with E-state index in [1.807, 2.05) is 0 Å². The Balaban J connectivity index is -0.0000000457. The second kappa shape index (κ2) is 8.83. The first-order valence-electron chi connectivity index (χ1n) is 1.50. The minimum atomic E-state index is -5.14. The van der Waals surface area contributed by atoms with Crippen LogP contribution in [0.15, 0.2) is 0 Å². The van der Waals surface area contributed by atoms with E-state index in [0.29, 0.717) is 0 Å². The van der Waals surface area contributed by atoms with Gasteiger partial charge in [-0.1, -0.05) is 0 Å². The van der Waals surface area contributed by atoms with Gasteiger partial charge in [-0.3, -0.25) is 0 Å². The third-order valence-electron chi connectivity index (χ3n) is 0. The van der Waals surface area contributed by atoms with Crippen molar-refractivity contribution >= 4 is 15.6 Å². The van der Waals surface area contributed by atoms with E-state index in [-0.39, 0.29) is 33.8 Å². The minimum Gasteiger partial charge on any atom is -0.790 e. The van der Waals surface area contributed by atoms with Gasteiger partial charge in [-0.05, 0) is 0 Å². The van der Waals surface area contributed by atoms with Crippen LogP contribution in [0.2, 0.25) is 0 Å². The summed E-state index contributed by atoms with van der Waals surface area (Å²) in [6, 6.07) is 0. The average Bonchev–Trinajstić information content (AvgIpc) is 1.12. The molecule has 0 aromatic rings. The molecule has 0 amide bonds. The molecule has 0 spiro atoms. The molecular formula is H2CoMnO8P2. The Hall–Kier alpha value is 1.25. The zero-order chi connectivity index (χ0) is 9.00. The van der Waals surface area contributed by atoms with E-state index < -0.39 is 15.6 Å². The Bertz CT molecular complexity index is 129. The second-order valence-corrected chi connectivity index (χ2v) is 2.81. The molecule has 0 atom stereocenters. The molecule has 0 fully saturated rings. The van der Waals surface area contributed by atoms with Crippen LogP contribution in [0, 0.1) is 0 Å². The summed E-state index contributed by atoms with van der Waals surface area (Å²) >= 11 is 0. The van der Waals surface area contributed by atoms with Crippen LogP contribution in [0.1, 0.15) is 0 Å². The summed E-state index contributed by atoms with van der Waals surface area (Å²) in [4.78, 5) is 48.6. The molecule has 0 bridgehead atoms. The third-order valence-corrected chi connectivity index (χ3v) is 0. The van der Waals surface area contributed by atoms with Crippen LogP contribution in [0.5, 0.6) is 0 Å². The molecular weight excluding hydrogens is 304 g/mol.